The summed E-state index contributed by atoms with van der Waals surface area (Å²) in [6.45, 7) is 4.25. The minimum atomic E-state index is -0.202. The second-order valence-corrected chi connectivity index (χ2v) is 4.24. The number of carbonyl (C=O) groups is 1. The zero-order valence-corrected chi connectivity index (χ0v) is 11.3. The molecule has 0 aromatic carbocycles. The summed E-state index contributed by atoms with van der Waals surface area (Å²) in [6, 6.07) is 5.18. The number of rotatable bonds is 6. The fraction of sp³-hybridized carbons (Fsp3) is 0.500. The minimum Gasteiger partial charge on any atom is -0.395 e. The minimum absolute atomic E-state index is 0.0709. The summed E-state index contributed by atoms with van der Waals surface area (Å²) in [7, 11) is 0. The molecule has 1 aromatic rings. The van der Waals surface area contributed by atoms with Crippen molar-refractivity contribution in [3.05, 3.63) is 29.6 Å². The highest BCUT2D eigenvalue weighted by molar-refractivity contribution is 5.92. The maximum atomic E-state index is 12.4. The van der Waals surface area contributed by atoms with Crippen LogP contribution in [0.2, 0.25) is 0 Å². The standard InChI is InChI=1S/C14H19N3O2/c1-3-12(4-2)17(7-8-18)14(19)13-6-5-11(9-15)10-16-13/h5-6,10,12,18H,3-4,7-8H2,1-2H3. The van der Waals surface area contributed by atoms with Crippen molar-refractivity contribution in [1.29, 1.82) is 5.26 Å². The van der Waals surface area contributed by atoms with Crippen LogP contribution in [0, 0.1) is 11.3 Å². The zero-order chi connectivity index (χ0) is 14.3. The van der Waals surface area contributed by atoms with Gasteiger partial charge in [-0.25, -0.2) is 4.98 Å². The van der Waals surface area contributed by atoms with Crippen molar-refractivity contribution >= 4 is 5.91 Å². The first-order valence-electron chi connectivity index (χ1n) is 6.45. The Balaban J connectivity index is 2.95. The third kappa shape index (κ3) is 3.76. The van der Waals surface area contributed by atoms with Gasteiger partial charge in [0.15, 0.2) is 0 Å². The first-order chi connectivity index (χ1) is 9.17. The highest BCUT2D eigenvalue weighted by Gasteiger charge is 2.22. The number of carbonyl (C=O) groups excluding carboxylic acids is 1. The van der Waals surface area contributed by atoms with Gasteiger partial charge in [0.25, 0.3) is 5.91 Å². The topological polar surface area (TPSA) is 77.2 Å². The second-order valence-electron chi connectivity index (χ2n) is 4.24. The lowest BCUT2D eigenvalue weighted by atomic mass is 10.1. The zero-order valence-electron chi connectivity index (χ0n) is 11.3. The van der Waals surface area contributed by atoms with Crippen molar-refractivity contribution in [1.82, 2.24) is 9.88 Å². The van der Waals surface area contributed by atoms with Gasteiger partial charge in [-0.1, -0.05) is 13.8 Å². The number of nitriles is 1. The molecule has 0 fully saturated rings. The molecule has 1 aromatic heterocycles. The van der Waals surface area contributed by atoms with Crippen LogP contribution in [0.15, 0.2) is 18.3 Å². The van der Waals surface area contributed by atoms with E-state index in [1.54, 1.807) is 17.0 Å². The second kappa shape index (κ2) is 7.49. The molecule has 5 nitrogen and oxygen atoms in total. The lowest BCUT2D eigenvalue weighted by molar-refractivity contribution is 0.0616. The number of hydrogen-bond donors (Lipinski definition) is 1. The Hall–Kier alpha value is -1.93. The molecule has 1 amide bonds. The largest absolute Gasteiger partial charge is 0.395 e. The third-order valence-electron chi connectivity index (χ3n) is 3.10. The number of pyridine rings is 1. The molecule has 0 unspecified atom stereocenters. The molecule has 0 atom stereocenters. The number of hydrogen-bond acceptors (Lipinski definition) is 4. The summed E-state index contributed by atoms with van der Waals surface area (Å²) in [5, 5.41) is 17.8. The first kappa shape index (κ1) is 15.1. The van der Waals surface area contributed by atoms with Crippen molar-refractivity contribution in [3.63, 3.8) is 0 Å². The highest BCUT2D eigenvalue weighted by Crippen LogP contribution is 2.12. The molecule has 102 valence electrons. The molecule has 0 saturated heterocycles. The van der Waals surface area contributed by atoms with Crippen molar-refractivity contribution < 1.29 is 9.90 Å². The average Bonchev–Trinajstić information content (AvgIpc) is 2.47. The van der Waals surface area contributed by atoms with Gasteiger partial charge in [0, 0.05) is 18.8 Å². The van der Waals surface area contributed by atoms with Crippen LogP contribution in [0.4, 0.5) is 0 Å². The Labute approximate surface area is 113 Å². The Morgan fingerprint density at radius 1 is 1.47 bits per heavy atom. The van der Waals surface area contributed by atoms with E-state index in [0.717, 1.165) is 12.8 Å². The first-order valence-corrected chi connectivity index (χ1v) is 6.45. The SMILES string of the molecule is CCC(CC)N(CCO)C(=O)c1ccc(C#N)cn1. The monoisotopic (exact) mass is 261 g/mol. The maximum absolute atomic E-state index is 12.4. The van der Waals surface area contributed by atoms with Crippen LogP contribution in [0.1, 0.15) is 42.7 Å². The summed E-state index contributed by atoms with van der Waals surface area (Å²) in [4.78, 5) is 18.0. The van der Waals surface area contributed by atoms with Gasteiger partial charge >= 0.3 is 0 Å². The van der Waals surface area contributed by atoms with Crippen LogP contribution in [0.3, 0.4) is 0 Å². The van der Waals surface area contributed by atoms with Crippen LogP contribution in [-0.4, -0.2) is 40.1 Å². The summed E-state index contributed by atoms with van der Waals surface area (Å²) in [6.07, 6.45) is 3.05. The van der Waals surface area contributed by atoms with Gasteiger partial charge in [-0.05, 0) is 25.0 Å². The van der Waals surface area contributed by atoms with E-state index in [2.05, 4.69) is 4.98 Å². The van der Waals surface area contributed by atoms with E-state index in [1.165, 1.54) is 6.20 Å². The molecule has 0 aliphatic rings. The summed E-state index contributed by atoms with van der Waals surface area (Å²) < 4.78 is 0. The predicted molar refractivity (Wildman–Crippen MR) is 71.4 cm³/mol. The smallest absolute Gasteiger partial charge is 0.272 e. The van der Waals surface area contributed by atoms with Crippen molar-refractivity contribution in [3.8, 4) is 6.07 Å². The van der Waals surface area contributed by atoms with E-state index >= 15 is 0 Å². The average molecular weight is 261 g/mol. The van der Waals surface area contributed by atoms with Gasteiger partial charge < -0.3 is 10.0 Å². The van der Waals surface area contributed by atoms with Crippen LogP contribution in [0.5, 0.6) is 0 Å². The lowest BCUT2D eigenvalue weighted by Crippen LogP contribution is -2.41. The number of aliphatic hydroxyl groups is 1. The van der Waals surface area contributed by atoms with Crippen molar-refractivity contribution in [2.75, 3.05) is 13.2 Å². The van der Waals surface area contributed by atoms with E-state index in [1.807, 2.05) is 19.9 Å². The Morgan fingerprint density at radius 3 is 2.58 bits per heavy atom. The molecule has 19 heavy (non-hydrogen) atoms. The van der Waals surface area contributed by atoms with Crippen LogP contribution in [-0.2, 0) is 0 Å². The molecule has 0 aliphatic heterocycles. The van der Waals surface area contributed by atoms with Crippen LogP contribution < -0.4 is 0 Å². The van der Waals surface area contributed by atoms with Gasteiger partial charge in [0.05, 0.1) is 12.2 Å². The lowest BCUT2D eigenvalue weighted by Gasteiger charge is -2.29. The fourth-order valence-electron chi connectivity index (χ4n) is 2.02. The van der Waals surface area contributed by atoms with Gasteiger partial charge in [0.1, 0.15) is 11.8 Å². The normalized spacial score (nSPS) is 10.3. The molecule has 0 saturated carbocycles. The van der Waals surface area contributed by atoms with E-state index in [0.29, 0.717) is 17.8 Å². The number of amides is 1. The molecular weight excluding hydrogens is 242 g/mol. The van der Waals surface area contributed by atoms with Crippen LogP contribution in [0.25, 0.3) is 0 Å². The van der Waals surface area contributed by atoms with Gasteiger partial charge in [-0.3, -0.25) is 4.79 Å². The van der Waals surface area contributed by atoms with Crippen molar-refractivity contribution in [2.24, 2.45) is 0 Å². The van der Waals surface area contributed by atoms with Gasteiger partial charge in [-0.2, -0.15) is 5.26 Å². The molecule has 0 bridgehead atoms. The molecule has 0 radical (unpaired) electrons. The summed E-state index contributed by atoms with van der Waals surface area (Å²) in [5.41, 5.74) is 0.729. The third-order valence-corrected chi connectivity index (χ3v) is 3.10. The molecule has 1 N–H and O–H groups in total. The van der Waals surface area contributed by atoms with E-state index < -0.39 is 0 Å². The Kier molecular flexibility index (Phi) is 5.97. The molecular formula is C14H19N3O2. The predicted octanol–water partition coefficient (Wildman–Crippen LogP) is 1.58. The molecule has 1 heterocycles. The van der Waals surface area contributed by atoms with E-state index in [-0.39, 0.29) is 18.6 Å². The maximum Gasteiger partial charge on any atom is 0.272 e. The van der Waals surface area contributed by atoms with Gasteiger partial charge in [0.2, 0.25) is 0 Å². The number of nitrogens with zero attached hydrogens (tertiary/aromatic N) is 3. The van der Waals surface area contributed by atoms with E-state index in [9.17, 15) is 4.79 Å². The molecule has 0 aliphatic carbocycles. The quantitative estimate of drug-likeness (QED) is 0.843. The molecule has 5 heteroatoms. The van der Waals surface area contributed by atoms with Gasteiger partial charge in [-0.15, -0.1) is 0 Å². The highest BCUT2D eigenvalue weighted by atomic mass is 16.3. The summed E-state index contributed by atoms with van der Waals surface area (Å²) in [5.74, 6) is -0.202. The number of aliphatic hydroxyl groups excluding tert-OH is 1. The van der Waals surface area contributed by atoms with Crippen molar-refractivity contribution in [2.45, 2.75) is 32.7 Å². The molecule has 0 spiro atoms. The fourth-order valence-corrected chi connectivity index (χ4v) is 2.02. The number of aromatic nitrogens is 1. The Bertz CT molecular complexity index is 447. The van der Waals surface area contributed by atoms with Crippen LogP contribution >= 0.6 is 0 Å². The Morgan fingerprint density at radius 2 is 2.16 bits per heavy atom. The molecule has 1 rings (SSSR count). The van der Waals surface area contributed by atoms with E-state index in [4.69, 9.17) is 10.4 Å². The summed E-state index contributed by atoms with van der Waals surface area (Å²) >= 11 is 0.